The minimum absolute atomic E-state index is 0.0238. The van der Waals surface area contributed by atoms with E-state index in [4.69, 9.17) is 5.26 Å². The van der Waals surface area contributed by atoms with Gasteiger partial charge < -0.3 is 4.74 Å². The van der Waals surface area contributed by atoms with Gasteiger partial charge in [-0.05, 0) is 18.3 Å². The number of carbonyl (C=O) groups is 1. The highest BCUT2D eigenvalue weighted by Gasteiger charge is 2.44. The smallest absolute Gasteiger partial charge is 0.306 e. The minimum atomic E-state index is -1.05. The Balaban J connectivity index is 2.41. The van der Waals surface area contributed by atoms with Crippen molar-refractivity contribution in [3.8, 4) is 6.07 Å². The maximum absolute atomic E-state index is 11.9. The molecular weight excluding hydrogens is 226 g/mol. The molecule has 0 aromatic carbocycles. The van der Waals surface area contributed by atoms with E-state index >= 15 is 0 Å². The molecule has 4 nitrogen and oxygen atoms in total. The van der Waals surface area contributed by atoms with Gasteiger partial charge in [0.2, 0.25) is 0 Å². The normalized spacial score (nSPS) is 20.6. The van der Waals surface area contributed by atoms with Gasteiger partial charge in [0.1, 0.15) is 0 Å². The molecule has 0 saturated heterocycles. The molecule has 0 aliphatic heterocycles. The Morgan fingerprint density at radius 2 is 2.25 bits per heavy atom. The number of methoxy groups -OCH3 is 1. The van der Waals surface area contributed by atoms with E-state index in [-0.39, 0.29) is 23.1 Å². The fourth-order valence-corrected chi connectivity index (χ4v) is 3.17. The van der Waals surface area contributed by atoms with Crippen LogP contribution in [-0.4, -0.2) is 28.3 Å². The Bertz CT molecular complexity index is 331. The van der Waals surface area contributed by atoms with Crippen LogP contribution in [0.5, 0.6) is 0 Å². The van der Waals surface area contributed by atoms with Crippen LogP contribution in [0.15, 0.2) is 0 Å². The van der Waals surface area contributed by atoms with E-state index in [9.17, 15) is 9.00 Å². The zero-order valence-corrected chi connectivity index (χ0v) is 10.5. The number of ether oxygens (including phenoxy) is 1. The molecule has 2 unspecified atom stereocenters. The number of nitriles is 1. The second-order valence-electron chi connectivity index (χ2n) is 4.45. The van der Waals surface area contributed by atoms with Crippen LogP contribution < -0.4 is 0 Å². The molecule has 1 saturated carbocycles. The van der Waals surface area contributed by atoms with E-state index in [2.05, 4.69) is 10.8 Å². The van der Waals surface area contributed by atoms with Gasteiger partial charge in [-0.1, -0.05) is 6.92 Å². The predicted octanol–water partition coefficient (Wildman–Crippen LogP) is 1.38. The van der Waals surface area contributed by atoms with E-state index in [0.717, 1.165) is 12.8 Å². The molecule has 5 heteroatoms. The van der Waals surface area contributed by atoms with Gasteiger partial charge in [-0.3, -0.25) is 9.00 Å². The minimum Gasteiger partial charge on any atom is -0.469 e. The Kier molecular flexibility index (Phi) is 4.48. The number of hydrogen-bond donors (Lipinski definition) is 0. The molecule has 1 fully saturated rings. The largest absolute Gasteiger partial charge is 0.469 e. The summed E-state index contributed by atoms with van der Waals surface area (Å²) in [7, 11) is 0.282. The number of carbonyl (C=O) groups excluding carboxylic acids is 1. The number of esters is 1. The summed E-state index contributed by atoms with van der Waals surface area (Å²) in [5, 5.41) is 8.46. The summed E-state index contributed by atoms with van der Waals surface area (Å²) >= 11 is 0. The van der Waals surface area contributed by atoms with Gasteiger partial charge in [0, 0.05) is 28.2 Å². The monoisotopic (exact) mass is 243 g/mol. The molecule has 0 heterocycles. The van der Waals surface area contributed by atoms with Crippen LogP contribution in [-0.2, 0) is 20.3 Å². The average molecular weight is 243 g/mol. The molecule has 90 valence electrons. The lowest BCUT2D eigenvalue weighted by Gasteiger charge is -2.14. The van der Waals surface area contributed by atoms with Crippen molar-refractivity contribution in [2.45, 2.75) is 37.9 Å². The molecule has 1 rings (SSSR count). The number of hydrogen-bond acceptors (Lipinski definition) is 4. The van der Waals surface area contributed by atoms with Gasteiger partial charge in [-0.2, -0.15) is 5.26 Å². The third-order valence-electron chi connectivity index (χ3n) is 2.99. The molecular formula is C11H17NO3S. The van der Waals surface area contributed by atoms with Crippen molar-refractivity contribution in [2.24, 2.45) is 5.41 Å². The second kappa shape index (κ2) is 5.44. The summed E-state index contributed by atoms with van der Waals surface area (Å²) in [6.45, 7) is 1.79. The lowest BCUT2D eigenvalue weighted by atomic mass is 10.1. The number of rotatable bonds is 6. The third kappa shape index (κ3) is 3.60. The first-order chi connectivity index (χ1) is 7.53. The van der Waals surface area contributed by atoms with Gasteiger partial charge in [0.05, 0.1) is 19.6 Å². The van der Waals surface area contributed by atoms with Crippen LogP contribution in [0.4, 0.5) is 0 Å². The Morgan fingerprint density at radius 1 is 1.62 bits per heavy atom. The SMILES string of the molecule is COC(=O)CC(C)S(=O)CC1(CC#N)CC1. The topological polar surface area (TPSA) is 67.2 Å². The quantitative estimate of drug-likeness (QED) is 0.661. The fraction of sp³-hybridized carbons (Fsp3) is 0.818. The standard InChI is InChI=1S/C11H17NO3S/c1-9(7-10(13)15-2)16(14)8-11(3-4-11)5-6-12/h9H,3-5,7-8H2,1-2H3. The summed E-state index contributed by atoms with van der Waals surface area (Å²) in [6, 6.07) is 2.14. The van der Waals surface area contributed by atoms with Gasteiger partial charge in [-0.25, -0.2) is 0 Å². The van der Waals surface area contributed by atoms with Crippen LogP contribution in [0.3, 0.4) is 0 Å². The summed E-state index contributed by atoms with van der Waals surface area (Å²) in [6.07, 6.45) is 2.63. The van der Waals surface area contributed by atoms with Crippen LogP contribution >= 0.6 is 0 Å². The lowest BCUT2D eigenvalue weighted by molar-refractivity contribution is -0.140. The maximum Gasteiger partial charge on any atom is 0.306 e. The van der Waals surface area contributed by atoms with Gasteiger partial charge in [-0.15, -0.1) is 0 Å². The molecule has 1 aliphatic rings. The van der Waals surface area contributed by atoms with Crippen molar-refractivity contribution in [3.63, 3.8) is 0 Å². The predicted molar refractivity (Wildman–Crippen MR) is 61.0 cm³/mol. The van der Waals surface area contributed by atoms with Crippen LogP contribution in [0.1, 0.15) is 32.6 Å². The Hall–Kier alpha value is -0.890. The fourth-order valence-electron chi connectivity index (χ4n) is 1.57. The number of nitrogens with zero attached hydrogens (tertiary/aromatic N) is 1. The summed E-state index contributed by atoms with van der Waals surface area (Å²) in [4.78, 5) is 11.0. The highest BCUT2D eigenvalue weighted by molar-refractivity contribution is 7.85. The molecule has 2 atom stereocenters. The van der Waals surface area contributed by atoms with Gasteiger partial charge in [0.25, 0.3) is 0 Å². The first kappa shape index (κ1) is 13.2. The van der Waals surface area contributed by atoms with Crippen LogP contribution in [0.25, 0.3) is 0 Å². The molecule has 1 aliphatic carbocycles. The Labute approximate surface area is 98.4 Å². The van der Waals surface area contributed by atoms with Crippen LogP contribution in [0.2, 0.25) is 0 Å². The molecule has 16 heavy (non-hydrogen) atoms. The van der Waals surface area contributed by atoms with Crippen molar-refractivity contribution in [1.82, 2.24) is 0 Å². The average Bonchev–Trinajstić information content (AvgIpc) is 2.98. The van der Waals surface area contributed by atoms with E-state index in [1.54, 1.807) is 6.92 Å². The third-order valence-corrected chi connectivity index (χ3v) is 4.95. The first-order valence-corrected chi connectivity index (χ1v) is 6.72. The van der Waals surface area contributed by atoms with E-state index in [0.29, 0.717) is 12.2 Å². The summed E-state index contributed by atoms with van der Waals surface area (Å²) < 4.78 is 16.5. The summed E-state index contributed by atoms with van der Waals surface area (Å²) in [5.74, 6) is 0.213. The molecule has 0 radical (unpaired) electrons. The highest BCUT2D eigenvalue weighted by atomic mass is 32.2. The maximum atomic E-state index is 11.9. The van der Waals surface area contributed by atoms with E-state index in [1.165, 1.54) is 7.11 Å². The van der Waals surface area contributed by atoms with E-state index < -0.39 is 10.8 Å². The molecule has 0 spiro atoms. The zero-order chi connectivity index (χ0) is 12.2. The van der Waals surface area contributed by atoms with Gasteiger partial charge >= 0.3 is 5.97 Å². The zero-order valence-electron chi connectivity index (χ0n) is 9.69. The van der Waals surface area contributed by atoms with Crippen molar-refractivity contribution < 1.29 is 13.7 Å². The lowest BCUT2D eigenvalue weighted by Crippen LogP contribution is -2.23. The molecule has 0 N–H and O–H groups in total. The Morgan fingerprint density at radius 3 is 2.69 bits per heavy atom. The molecule has 0 amide bonds. The van der Waals surface area contributed by atoms with Crippen LogP contribution in [0, 0.1) is 16.7 Å². The van der Waals surface area contributed by atoms with E-state index in [1.807, 2.05) is 0 Å². The van der Waals surface area contributed by atoms with Crippen molar-refractivity contribution >= 4 is 16.8 Å². The molecule has 0 aromatic heterocycles. The van der Waals surface area contributed by atoms with Crippen molar-refractivity contribution in [3.05, 3.63) is 0 Å². The van der Waals surface area contributed by atoms with Crippen molar-refractivity contribution in [1.29, 1.82) is 5.26 Å². The molecule has 0 bridgehead atoms. The van der Waals surface area contributed by atoms with Gasteiger partial charge in [0.15, 0.2) is 0 Å². The first-order valence-electron chi connectivity index (χ1n) is 5.34. The highest BCUT2D eigenvalue weighted by Crippen LogP contribution is 2.49. The van der Waals surface area contributed by atoms with Crippen molar-refractivity contribution in [2.75, 3.05) is 12.9 Å². The molecule has 0 aromatic rings. The second-order valence-corrected chi connectivity index (χ2v) is 6.31. The summed E-state index contributed by atoms with van der Waals surface area (Å²) in [5.41, 5.74) is -0.0238.